The molecule has 0 aromatic heterocycles. The fraction of sp³-hybridized carbons (Fsp3) is 0.304. The summed E-state index contributed by atoms with van der Waals surface area (Å²) in [7, 11) is 0. The van der Waals surface area contributed by atoms with Crippen molar-refractivity contribution in [2.45, 2.75) is 39.2 Å². The molecule has 2 N–H and O–H groups in total. The zero-order chi connectivity index (χ0) is 22.8. The average molecular weight is 427 g/mol. The first-order chi connectivity index (χ1) is 14.8. The van der Waals surface area contributed by atoms with Gasteiger partial charge in [0.15, 0.2) is 0 Å². The third-order valence-electron chi connectivity index (χ3n) is 4.28. The lowest BCUT2D eigenvalue weighted by Gasteiger charge is -2.18. The molecule has 0 bridgehead atoms. The van der Waals surface area contributed by atoms with Gasteiger partial charge in [0.1, 0.15) is 23.3 Å². The Labute approximate surface area is 180 Å². The Morgan fingerprint density at radius 1 is 0.968 bits per heavy atom. The van der Waals surface area contributed by atoms with Crippen molar-refractivity contribution in [2.75, 3.05) is 6.61 Å². The van der Waals surface area contributed by atoms with Crippen molar-refractivity contribution >= 4 is 23.6 Å². The van der Waals surface area contributed by atoms with Crippen LogP contribution in [0.25, 0.3) is 0 Å². The van der Waals surface area contributed by atoms with Gasteiger partial charge in [0.05, 0.1) is 13.0 Å². The Morgan fingerprint density at radius 2 is 1.61 bits per heavy atom. The van der Waals surface area contributed by atoms with Crippen molar-refractivity contribution in [3.63, 3.8) is 0 Å². The highest BCUT2D eigenvalue weighted by Crippen LogP contribution is 2.16. The summed E-state index contributed by atoms with van der Waals surface area (Å²) < 4.78 is 10.2. The van der Waals surface area contributed by atoms with Crippen LogP contribution in [0.4, 0.5) is 0 Å². The van der Waals surface area contributed by atoms with Crippen LogP contribution < -0.4 is 10.1 Å². The highest BCUT2D eigenvalue weighted by molar-refractivity contribution is 5.97. The normalized spacial score (nSPS) is 11.3. The van der Waals surface area contributed by atoms with Gasteiger partial charge in [-0.3, -0.25) is 9.59 Å². The maximum Gasteiger partial charge on any atom is 0.328 e. The number of hydrogen-bond donors (Lipinski definition) is 2. The first kappa shape index (κ1) is 23.6. The molecule has 2 rings (SSSR count). The van der Waals surface area contributed by atoms with E-state index in [1.807, 2.05) is 0 Å². The number of nitrogens with one attached hydrogen (secondary N) is 1. The number of benzene rings is 2. The maximum absolute atomic E-state index is 12.5. The molecule has 0 aliphatic heterocycles. The molecule has 8 heteroatoms. The van der Waals surface area contributed by atoms with Gasteiger partial charge < -0.3 is 24.7 Å². The third-order valence-corrected chi connectivity index (χ3v) is 4.28. The number of ketones is 1. The van der Waals surface area contributed by atoms with E-state index in [1.54, 1.807) is 31.2 Å². The summed E-state index contributed by atoms with van der Waals surface area (Å²) in [5, 5.41) is 12.0. The van der Waals surface area contributed by atoms with Crippen LogP contribution in [0.15, 0.2) is 48.5 Å². The lowest BCUT2D eigenvalue weighted by molar-refractivity contribution is -0.145. The van der Waals surface area contributed by atoms with E-state index < -0.39 is 23.9 Å². The monoisotopic (exact) mass is 427 g/mol. The first-order valence-electron chi connectivity index (χ1n) is 9.84. The first-order valence-corrected chi connectivity index (χ1v) is 9.84. The Bertz CT molecular complexity index is 920. The van der Waals surface area contributed by atoms with Gasteiger partial charge in [0.2, 0.25) is 0 Å². The van der Waals surface area contributed by atoms with E-state index in [0.29, 0.717) is 16.9 Å². The van der Waals surface area contributed by atoms with E-state index in [4.69, 9.17) is 9.47 Å². The molecule has 31 heavy (non-hydrogen) atoms. The molecular formula is C23H25NO7. The number of carbonyl (C=O) groups is 4. The summed E-state index contributed by atoms with van der Waals surface area (Å²) in [6.07, 6.45) is 0.297. The number of phenolic OH excluding ortho intramolecular Hbond substituents is 1. The highest BCUT2D eigenvalue weighted by Gasteiger charge is 2.23. The number of aromatic hydroxyl groups is 1. The molecule has 0 radical (unpaired) electrons. The Balaban J connectivity index is 2.04. The predicted octanol–water partition coefficient (Wildman–Crippen LogP) is 2.57. The number of Topliss-reactive ketones (excluding diaryl/α,β-unsaturated/α-hetero) is 1. The standard InChI is InChI=1S/C23H25NO7/c1-3-30-23(29)20(24-22(28)17-7-9-18(26)10-8-17)14-16-5-11-19(12-6-16)31-21(27)13-4-15(2)25/h5-12,20,26H,3-4,13-14H2,1-2H3,(H,24,28). The number of carbonyl (C=O) groups excluding carboxylic acids is 4. The van der Waals surface area contributed by atoms with Crippen LogP contribution in [0.5, 0.6) is 11.5 Å². The van der Waals surface area contributed by atoms with Crippen LogP contribution in [0.1, 0.15) is 42.6 Å². The predicted molar refractivity (Wildman–Crippen MR) is 112 cm³/mol. The second kappa shape index (κ2) is 11.5. The highest BCUT2D eigenvalue weighted by atomic mass is 16.5. The zero-order valence-corrected chi connectivity index (χ0v) is 17.4. The molecule has 1 unspecified atom stereocenters. The largest absolute Gasteiger partial charge is 0.508 e. The quantitative estimate of drug-likeness (QED) is 0.442. The number of esters is 2. The van der Waals surface area contributed by atoms with Gasteiger partial charge in [0.25, 0.3) is 5.91 Å². The van der Waals surface area contributed by atoms with Gasteiger partial charge >= 0.3 is 11.9 Å². The van der Waals surface area contributed by atoms with Crippen molar-refractivity contribution in [3.8, 4) is 11.5 Å². The van der Waals surface area contributed by atoms with Gasteiger partial charge in [-0.2, -0.15) is 0 Å². The molecule has 0 aliphatic rings. The minimum atomic E-state index is -0.926. The summed E-state index contributed by atoms with van der Waals surface area (Å²) >= 11 is 0. The lowest BCUT2D eigenvalue weighted by atomic mass is 10.0. The SMILES string of the molecule is CCOC(=O)C(Cc1ccc(OC(=O)CCC(C)=O)cc1)NC(=O)c1ccc(O)cc1. The average Bonchev–Trinajstić information content (AvgIpc) is 2.73. The molecule has 1 atom stereocenters. The third kappa shape index (κ3) is 7.93. The molecule has 0 heterocycles. The molecule has 2 aromatic rings. The van der Waals surface area contributed by atoms with Gasteiger partial charge in [-0.1, -0.05) is 12.1 Å². The second-order valence-corrected chi connectivity index (χ2v) is 6.85. The number of hydrogen-bond acceptors (Lipinski definition) is 7. The van der Waals surface area contributed by atoms with Crippen molar-refractivity contribution in [3.05, 3.63) is 59.7 Å². The molecule has 0 aliphatic carbocycles. The number of amides is 1. The van der Waals surface area contributed by atoms with Gasteiger partial charge in [0, 0.05) is 18.4 Å². The number of rotatable bonds is 10. The molecule has 0 saturated heterocycles. The van der Waals surface area contributed by atoms with Gasteiger partial charge in [-0.05, 0) is 55.8 Å². The van der Waals surface area contributed by atoms with Crippen LogP contribution in [-0.4, -0.2) is 41.4 Å². The number of phenols is 1. The molecule has 2 aromatic carbocycles. The van der Waals surface area contributed by atoms with Crippen molar-refractivity contribution in [1.82, 2.24) is 5.32 Å². The van der Waals surface area contributed by atoms with Crippen molar-refractivity contribution in [2.24, 2.45) is 0 Å². The Kier molecular flexibility index (Phi) is 8.75. The summed E-state index contributed by atoms with van der Waals surface area (Å²) in [6.45, 7) is 3.24. The van der Waals surface area contributed by atoms with Crippen molar-refractivity contribution < 1.29 is 33.8 Å². The molecule has 0 saturated carbocycles. The summed E-state index contributed by atoms with van der Waals surface area (Å²) in [6, 6.07) is 11.2. The van der Waals surface area contributed by atoms with E-state index in [-0.39, 0.29) is 37.4 Å². The topological polar surface area (TPSA) is 119 Å². The summed E-state index contributed by atoms with van der Waals surface area (Å²) in [5.41, 5.74) is 1.01. The van der Waals surface area contributed by atoms with Gasteiger partial charge in [-0.15, -0.1) is 0 Å². The van der Waals surface area contributed by atoms with Crippen molar-refractivity contribution in [1.29, 1.82) is 0 Å². The maximum atomic E-state index is 12.5. The van der Waals surface area contributed by atoms with Crippen LogP contribution in [-0.2, 0) is 25.5 Å². The molecule has 8 nitrogen and oxygen atoms in total. The van der Waals surface area contributed by atoms with Crippen LogP contribution in [0.2, 0.25) is 0 Å². The molecule has 0 spiro atoms. The zero-order valence-electron chi connectivity index (χ0n) is 17.4. The summed E-state index contributed by atoms with van der Waals surface area (Å²) in [4.78, 5) is 47.5. The smallest absolute Gasteiger partial charge is 0.328 e. The molecule has 164 valence electrons. The fourth-order valence-electron chi connectivity index (χ4n) is 2.68. The van der Waals surface area contributed by atoms with Crippen LogP contribution in [0.3, 0.4) is 0 Å². The van der Waals surface area contributed by atoms with E-state index in [2.05, 4.69) is 5.32 Å². The van der Waals surface area contributed by atoms with E-state index in [1.165, 1.54) is 31.2 Å². The molecular weight excluding hydrogens is 402 g/mol. The van der Waals surface area contributed by atoms with E-state index >= 15 is 0 Å². The van der Waals surface area contributed by atoms with Crippen LogP contribution >= 0.6 is 0 Å². The minimum Gasteiger partial charge on any atom is -0.508 e. The molecule has 0 fully saturated rings. The molecule has 1 amide bonds. The number of ether oxygens (including phenoxy) is 2. The van der Waals surface area contributed by atoms with E-state index in [9.17, 15) is 24.3 Å². The van der Waals surface area contributed by atoms with E-state index in [0.717, 1.165) is 0 Å². The Hall–Kier alpha value is -3.68. The van der Waals surface area contributed by atoms with Gasteiger partial charge in [-0.25, -0.2) is 4.79 Å². The fourth-order valence-corrected chi connectivity index (χ4v) is 2.68. The lowest BCUT2D eigenvalue weighted by Crippen LogP contribution is -2.43. The summed E-state index contributed by atoms with van der Waals surface area (Å²) in [5.74, 6) is -1.30. The second-order valence-electron chi connectivity index (χ2n) is 6.85. The van der Waals surface area contributed by atoms with Crippen LogP contribution in [0, 0.1) is 0 Å². The minimum absolute atomic E-state index is 0.00527. The Morgan fingerprint density at radius 3 is 2.19 bits per heavy atom.